The molecular weight excluding hydrogens is 328 g/mol. The smallest absolute Gasteiger partial charge is 0.180 e. The number of aromatic nitrogens is 3. The van der Waals surface area contributed by atoms with Gasteiger partial charge < -0.3 is 14.7 Å². The number of benzene rings is 1. The van der Waals surface area contributed by atoms with Crippen LogP contribution in [0.1, 0.15) is 31.9 Å². The molecule has 2 heterocycles. The summed E-state index contributed by atoms with van der Waals surface area (Å²) in [5, 5.41) is 14.6. The van der Waals surface area contributed by atoms with E-state index in [4.69, 9.17) is 9.72 Å². The number of anilines is 1. The van der Waals surface area contributed by atoms with E-state index in [1.807, 2.05) is 50.2 Å². The van der Waals surface area contributed by atoms with Crippen molar-refractivity contribution in [3.05, 3.63) is 53.9 Å². The maximum Gasteiger partial charge on any atom is 0.180 e. The molecule has 0 fully saturated rings. The summed E-state index contributed by atoms with van der Waals surface area (Å²) < 4.78 is 7.78. The van der Waals surface area contributed by atoms with Gasteiger partial charge in [-0.25, -0.2) is 9.50 Å². The van der Waals surface area contributed by atoms with Crippen molar-refractivity contribution in [1.82, 2.24) is 14.6 Å². The number of ether oxygens (including phenoxy) is 1. The lowest BCUT2D eigenvalue weighted by Crippen LogP contribution is -2.38. The summed E-state index contributed by atoms with van der Waals surface area (Å²) in [6.07, 6.45) is 3.21. The second-order valence-corrected chi connectivity index (χ2v) is 7.28. The van der Waals surface area contributed by atoms with Crippen molar-refractivity contribution in [2.75, 3.05) is 11.9 Å². The highest BCUT2D eigenvalue weighted by atomic mass is 16.5. The Hall–Kier alpha value is -2.60. The van der Waals surface area contributed by atoms with E-state index in [1.165, 1.54) is 5.56 Å². The Morgan fingerprint density at radius 3 is 2.62 bits per heavy atom. The Balaban J connectivity index is 2.00. The van der Waals surface area contributed by atoms with Crippen LogP contribution in [0.25, 0.3) is 5.65 Å². The van der Waals surface area contributed by atoms with Gasteiger partial charge in [-0.15, -0.1) is 0 Å². The minimum absolute atomic E-state index is 0.401. The summed E-state index contributed by atoms with van der Waals surface area (Å²) >= 11 is 0. The maximum atomic E-state index is 10.2. The summed E-state index contributed by atoms with van der Waals surface area (Å²) in [6, 6.07) is 10.2. The zero-order valence-electron chi connectivity index (χ0n) is 16.0. The van der Waals surface area contributed by atoms with E-state index < -0.39 is 11.7 Å². The lowest BCUT2D eigenvalue weighted by Gasteiger charge is -2.29. The van der Waals surface area contributed by atoms with Gasteiger partial charge in [0.15, 0.2) is 17.2 Å². The molecule has 1 N–H and O–H groups in total. The van der Waals surface area contributed by atoms with Crippen LogP contribution in [0.5, 0.6) is 5.75 Å². The fourth-order valence-corrected chi connectivity index (χ4v) is 2.62. The Morgan fingerprint density at radius 2 is 1.96 bits per heavy atom. The van der Waals surface area contributed by atoms with Crippen LogP contribution in [-0.2, 0) is 6.54 Å². The summed E-state index contributed by atoms with van der Waals surface area (Å²) in [4.78, 5) is 6.84. The zero-order chi connectivity index (χ0) is 18.9. The Kier molecular flexibility index (Phi) is 4.87. The van der Waals surface area contributed by atoms with E-state index in [9.17, 15) is 5.11 Å². The van der Waals surface area contributed by atoms with Crippen LogP contribution >= 0.6 is 0 Å². The van der Waals surface area contributed by atoms with Gasteiger partial charge in [-0.2, -0.15) is 5.10 Å². The van der Waals surface area contributed by atoms with Gasteiger partial charge in [0.25, 0.3) is 0 Å². The normalized spacial score (nSPS) is 13.0. The number of aryl methyl sites for hydroxylation is 1. The van der Waals surface area contributed by atoms with Crippen LogP contribution in [0.3, 0.4) is 0 Å². The van der Waals surface area contributed by atoms with Crippen molar-refractivity contribution in [2.24, 2.45) is 0 Å². The molecule has 0 spiro atoms. The van der Waals surface area contributed by atoms with Crippen LogP contribution in [0.15, 0.2) is 42.7 Å². The quantitative estimate of drug-likeness (QED) is 0.736. The highest BCUT2D eigenvalue weighted by Gasteiger charge is 2.26. The Morgan fingerprint density at radius 1 is 1.27 bits per heavy atom. The van der Waals surface area contributed by atoms with E-state index in [1.54, 1.807) is 24.6 Å². The number of nitrogens with zero attached hydrogens (tertiary/aromatic N) is 4. The van der Waals surface area contributed by atoms with Gasteiger partial charge in [0.05, 0.1) is 18.0 Å². The fraction of sp³-hybridized carbons (Fsp3) is 0.400. The molecule has 6 heteroatoms. The highest BCUT2D eigenvalue weighted by molar-refractivity contribution is 5.59. The number of rotatable bonds is 6. The molecule has 1 unspecified atom stereocenters. The minimum Gasteiger partial charge on any atom is -0.482 e. The number of fused-ring (bicyclic) bond motifs is 1. The third-order valence-electron chi connectivity index (χ3n) is 4.54. The summed E-state index contributed by atoms with van der Waals surface area (Å²) in [5.74, 6) is 1.31. The van der Waals surface area contributed by atoms with Crippen LogP contribution in [0.4, 0.5) is 5.82 Å². The lowest BCUT2D eigenvalue weighted by atomic mass is 10.0. The van der Waals surface area contributed by atoms with E-state index >= 15 is 0 Å². The molecule has 0 aliphatic carbocycles. The van der Waals surface area contributed by atoms with Gasteiger partial charge in [0, 0.05) is 19.2 Å². The largest absolute Gasteiger partial charge is 0.482 e. The predicted molar refractivity (Wildman–Crippen MR) is 103 cm³/mol. The summed E-state index contributed by atoms with van der Waals surface area (Å²) in [7, 11) is 1.99. The molecule has 138 valence electrons. The molecule has 6 nitrogen and oxygen atoms in total. The average molecular weight is 354 g/mol. The minimum atomic E-state index is -0.968. The zero-order valence-corrected chi connectivity index (χ0v) is 16.0. The van der Waals surface area contributed by atoms with Gasteiger partial charge in [0.2, 0.25) is 0 Å². The maximum absolute atomic E-state index is 10.2. The first kappa shape index (κ1) is 18.2. The van der Waals surface area contributed by atoms with Crippen molar-refractivity contribution in [3.63, 3.8) is 0 Å². The molecule has 26 heavy (non-hydrogen) atoms. The molecular formula is C20H26N4O2. The topological polar surface area (TPSA) is 62.9 Å². The first-order valence-corrected chi connectivity index (χ1v) is 8.75. The second kappa shape index (κ2) is 6.96. The average Bonchev–Trinajstić information content (AvgIpc) is 2.94. The van der Waals surface area contributed by atoms with Crippen molar-refractivity contribution in [1.29, 1.82) is 0 Å². The van der Waals surface area contributed by atoms with Gasteiger partial charge in [-0.3, -0.25) is 0 Å². The van der Waals surface area contributed by atoms with Gasteiger partial charge in [0.1, 0.15) is 6.10 Å². The van der Waals surface area contributed by atoms with Crippen LogP contribution in [0, 0.1) is 6.92 Å². The second-order valence-electron chi connectivity index (χ2n) is 7.28. The number of hydrogen-bond donors (Lipinski definition) is 1. The van der Waals surface area contributed by atoms with Gasteiger partial charge >= 0.3 is 0 Å². The SMILES string of the molecule is Cc1cnn2cc(OC(C)C(C)(C)O)c(N(C)Cc3ccccc3)nc12. The monoisotopic (exact) mass is 354 g/mol. The number of hydrogen-bond acceptors (Lipinski definition) is 5. The highest BCUT2D eigenvalue weighted by Crippen LogP contribution is 2.30. The van der Waals surface area contributed by atoms with E-state index in [0.29, 0.717) is 12.3 Å². The Bertz CT molecular complexity index is 884. The molecule has 0 bridgehead atoms. The molecule has 3 aromatic rings. The standard InChI is InChI=1S/C20H26N4O2/c1-14-11-21-24-13-17(26-15(2)20(3,4)25)19(22-18(14)24)23(5)12-16-9-7-6-8-10-16/h6-11,13,15,25H,12H2,1-5H3. The predicted octanol–water partition coefficient (Wildman–Crippen LogP) is 3.21. The lowest BCUT2D eigenvalue weighted by molar-refractivity contribution is -0.0242. The fourth-order valence-electron chi connectivity index (χ4n) is 2.62. The molecule has 0 saturated carbocycles. The molecule has 1 aromatic carbocycles. The summed E-state index contributed by atoms with van der Waals surface area (Å²) in [5.41, 5.74) is 2.01. The first-order chi connectivity index (χ1) is 12.3. The van der Waals surface area contributed by atoms with Crippen LogP contribution in [0.2, 0.25) is 0 Å². The van der Waals surface area contributed by atoms with Gasteiger partial charge in [-0.05, 0) is 33.3 Å². The molecule has 0 aliphatic rings. The van der Waals surface area contributed by atoms with Crippen molar-refractivity contribution < 1.29 is 9.84 Å². The van der Waals surface area contributed by atoms with Gasteiger partial charge in [-0.1, -0.05) is 30.3 Å². The molecule has 0 saturated heterocycles. The van der Waals surface area contributed by atoms with Crippen LogP contribution in [-0.4, -0.2) is 38.5 Å². The summed E-state index contributed by atoms with van der Waals surface area (Å²) in [6.45, 7) is 7.99. The van der Waals surface area contributed by atoms with Crippen molar-refractivity contribution in [3.8, 4) is 5.75 Å². The van der Waals surface area contributed by atoms with Crippen molar-refractivity contribution in [2.45, 2.75) is 45.9 Å². The van der Waals surface area contributed by atoms with E-state index in [0.717, 1.165) is 17.0 Å². The molecule has 3 rings (SSSR count). The molecule has 1 atom stereocenters. The third kappa shape index (κ3) is 3.80. The van der Waals surface area contributed by atoms with E-state index in [2.05, 4.69) is 17.2 Å². The van der Waals surface area contributed by atoms with Crippen LogP contribution < -0.4 is 9.64 Å². The molecule has 0 aliphatic heterocycles. The van der Waals surface area contributed by atoms with E-state index in [-0.39, 0.29) is 0 Å². The molecule has 2 aromatic heterocycles. The first-order valence-electron chi connectivity index (χ1n) is 8.75. The van der Waals surface area contributed by atoms with Crippen molar-refractivity contribution >= 4 is 11.5 Å². The third-order valence-corrected chi connectivity index (χ3v) is 4.54. The number of aliphatic hydroxyl groups is 1. The Labute approximate surface area is 154 Å². The molecule has 0 amide bonds. The molecule has 0 radical (unpaired) electrons.